The molecule has 2 rings (SSSR count). The molecular formula is C13H20N4O. The van der Waals surface area contributed by atoms with Gasteiger partial charge in [-0.05, 0) is 41.7 Å². The first-order chi connectivity index (χ1) is 8.65. The minimum Gasteiger partial charge on any atom is -0.397 e. The highest BCUT2D eigenvalue weighted by atomic mass is 16.6. The van der Waals surface area contributed by atoms with Gasteiger partial charge in [0.1, 0.15) is 0 Å². The number of nitrogen functional groups attached to an aromatic ring is 1. The minimum atomic E-state index is 0.0853. The zero-order chi connectivity index (χ0) is 13.2. The molecule has 0 atom stereocenters. The van der Waals surface area contributed by atoms with Gasteiger partial charge in [-0.15, -0.1) is 0 Å². The summed E-state index contributed by atoms with van der Waals surface area (Å²) in [6.07, 6.45) is 3.16. The number of rotatable bonds is 5. The van der Waals surface area contributed by atoms with E-state index in [1.807, 2.05) is 12.1 Å². The molecule has 0 amide bonds. The standard InChI is InChI=1S/C13H20N4O/c1-4-13(5-2,6-3)15-10-8-7-9(14)11-12(10)17-18-16-11/h7-8,15H,4-6,14H2,1-3H3. The van der Waals surface area contributed by atoms with E-state index in [0.29, 0.717) is 16.7 Å². The number of nitrogens with one attached hydrogen (secondary N) is 1. The molecule has 0 aliphatic heterocycles. The molecule has 0 spiro atoms. The second-order valence-corrected chi connectivity index (χ2v) is 4.63. The van der Waals surface area contributed by atoms with Crippen LogP contribution in [0.25, 0.3) is 11.0 Å². The highest BCUT2D eigenvalue weighted by Crippen LogP contribution is 2.31. The number of fused-ring (bicyclic) bond motifs is 1. The van der Waals surface area contributed by atoms with Crippen LogP contribution in [0.3, 0.4) is 0 Å². The molecule has 18 heavy (non-hydrogen) atoms. The monoisotopic (exact) mass is 248 g/mol. The summed E-state index contributed by atoms with van der Waals surface area (Å²) in [5, 5.41) is 11.4. The maximum Gasteiger partial charge on any atom is 0.160 e. The summed E-state index contributed by atoms with van der Waals surface area (Å²) >= 11 is 0. The molecule has 0 saturated heterocycles. The summed E-state index contributed by atoms with van der Waals surface area (Å²) in [6.45, 7) is 6.57. The number of nitrogens with zero attached hydrogens (tertiary/aromatic N) is 2. The smallest absolute Gasteiger partial charge is 0.160 e. The molecule has 1 aromatic carbocycles. The third-order valence-electron chi connectivity index (χ3n) is 3.88. The molecule has 5 nitrogen and oxygen atoms in total. The number of aromatic nitrogens is 2. The van der Waals surface area contributed by atoms with E-state index >= 15 is 0 Å². The van der Waals surface area contributed by atoms with E-state index in [1.54, 1.807) is 0 Å². The maximum absolute atomic E-state index is 5.84. The average Bonchev–Trinajstić information content (AvgIpc) is 2.89. The molecule has 0 aliphatic carbocycles. The van der Waals surface area contributed by atoms with Crippen molar-refractivity contribution in [3.8, 4) is 0 Å². The molecule has 5 heteroatoms. The van der Waals surface area contributed by atoms with Gasteiger partial charge in [-0.1, -0.05) is 20.8 Å². The molecule has 0 unspecified atom stereocenters. The second-order valence-electron chi connectivity index (χ2n) is 4.63. The van der Waals surface area contributed by atoms with Gasteiger partial charge in [0.05, 0.1) is 11.4 Å². The first-order valence-corrected chi connectivity index (χ1v) is 6.44. The van der Waals surface area contributed by atoms with Gasteiger partial charge in [0, 0.05) is 5.54 Å². The van der Waals surface area contributed by atoms with Crippen LogP contribution in [0, 0.1) is 0 Å². The second kappa shape index (κ2) is 4.84. The van der Waals surface area contributed by atoms with Crippen LogP contribution < -0.4 is 11.1 Å². The quantitative estimate of drug-likeness (QED) is 0.795. The van der Waals surface area contributed by atoms with Gasteiger partial charge in [-0.25, -0.2) is 4.63 Å². The molecule has 0 radical (unpaired) electrons. The minimum absolute atomic E-state index is 0.0853. The van der Waals surface area contributed by atoms with E-state index in [2.05, 4.69) is 36.4 Å². The lowest BCUT2D eigenvalue weighted by Crippen LogP contribution is -2.36. The summed E-state index contributed by atoms with van der Waals surface area (Å²) < 4.78 is 4.78. The van der Waals surface area contributed by atoms with Crippen molar-refractivity contribution in [1.82, 2.24) is 10.3 Å². The SMILES string of the molecule is CCC(CC)(CC)Nc1ccc(N)c2nonc12. The van der Waals surface area contributed by atoms with Gasteiger partial charge in [0.15, 0.2) is 11.0 Å². The Kier molecular flexibility index (Phi) is 3.41. The Morgan fingerprint density at radius 3 is 2.33 bits per heavy atom. The molecule has 0 saturated carbocycles. The third kappa shape index (κ3) is 2.00. The molecule has 0 fully saturated rings. The van der Waals surface area contributed by atoms with Crippen molar-refractivity contribution < 1.29 is 4.63 Å². The maximum atomic E-state index is 5.84. The van der Waals surface area contributed by atoms with Gasteiger partial charge < -0.3 is 11.1 Å². The molecule has 1 heterocycles. The van der Waals surface area contributed by atoms with Gasteiger partial charge in [-0.2, -0.15) is 0 Å². The Morgan fingerprint density at radius 1 is 1.11 bits per heavy atom. The van der Waals surface area contributed by atoms with Crippen molar-refractivity contribution in [2.24, 2.45) is 0 Å². The van der Waals surface area contributed by atoms with Crippen LogP contribution in [0.1, 0.15) is 40.0 Å². The summed E-state index contributed by atoms with van der Waals surface area (Å²) in [5.74, 6) is 0. The topological polar surface area (TPSA) is 77.0 Å². The third-order valence-corrected chi connectivity index (χ3v) is 3.88. The Hall–Kier alpha value is -1.78. The molecule has 2 aromatic rings. The van der Waals surface area contributed by atoms with E-state index in [0.717, 1.165) is 24.9 Å². The van der Waals surface area contributed by atoms with Crippen molar-refractivity contribution in [1.29, 1.82) is 0 Å². The predicted molar refractivity (Wildman–Crippen MR) is 73.4 cm³/mol. The molecule has 98 valence electrons. The fourth-order valence-corrected chi connectivity index (χ4v) is 2.29. The molecule has 1 aromatic heterocycles. The van der Waals surface area contributed by atoms with Gasteiger partial charge >= 0.3 is 0 Å². The first-order valence-electron chi connectivity index (χ1n) is 6.44. The van der Waals surface area contributed by atoms with Crippen LogP contribution in [-0.4, -0.2) is 15.9 Å². The fraction of sp³-hybridized carbons (Fsp3) is 0.538. The van der Waals surface area contributed by atoms with E-state index < -0.39 is 0 Å². The Morgan fingerprint density at radius 2 is 1.72 bits per heavy atom. The van der Waals surface area contributed by atoms with E-state index in [1.165, 1.54) is 0 Å². The van der Waals surface area contributed by atoms with Gasteiger partial charge in [-0.3, -0.25) is 0 Å². The van der Waals surface area contributed by atoms with Crippen molar-refractivity contribution in [3.05, 3.63) is 12.1 Å². The lowest BCUT2D eigenvalue weighted by Gasteiger charge is -2.33. The zero-order valence-electron chi connectivity index (χ0n) is 11.2. The summed E-state index contributed by atoms with van der Waals surface area (Å²) in [7, 11) is 0. The van der Waals surface area contributed by atoms with E-state index in [4.69, 9.17) is 10.4 Å². The van der Waals surface area contributed by atoms with E-state index in [-0.39, 0.29) is 5.54 Å². The molecule has 3 N–H and O–H groups in total. The van der Waals surface area contributed by atoms with Crippen molar-refractivity contribution in [2.45, 2.75) is 45.6 Å². The normalized spacial score (nSPS) is 11.9. The van der Waals surface area contributed by atoms with Crippen LogP contribution in [0.5, 0.6) is 0 Å². The summed E-state index contributed by atoms with van der Waals surface area (Å²) in [4.78, 5) is 0. The molecule has 0 bridgehead atoms. The number of anilines is 2. The lowest BCUT2D eigenvalue weighted by atomic mass is 9.89. The Labute approximate surface area is 107 Å². The van der Waals surface area contributed by atoms with Gasteiger partial charge in [0.2, 0.25) is 0 Å². The van der Waals surface area contributed by atoms with Crippen LogP contribution in [0.2, 0.25) is 0 Å². The van der Waals surface area contributed by atoms with Crippen molar-refractivity contribution in [2.75, 3.05) is 11.1 Å². The highest BCUT2D eigenvalue weighted by Gasteiger charge is 2.25. The van der Waals surface area contributed by atoms with Crippen LogP contribution in [0.15, 0.2) is 16.8 Å². The number of benzene rings is 1. The molecular weight excluding hydrogens is 228 g/mol. The number of hydrogen-bond donors (Lipinski definition) is 2. The largest absolute Gasteiger partial charge is 0.397 e. The van der Waals surface area contributed by atoms with Crippen molar-refractivity contribution >= 4 is 22.4 Å². The Bertz CT molecular complexity index is 523. The molecule has 0 aliphatic rings. The first kappa shape index (κ1) is 12.7. The zero-order valence-corrected chi connectivity index (χ0v) is 11.2. The van der Waals surface area contributed by atoms with Crippen LogP contribution in [0.4, 0.5) is 11.4 Å². The average molecular weight is 248 g/mol. The van der Waals surface area contributed by atoms with Crippen LogP contribution >= 0.6 is 0 Å². The van der Waals surface area contributed by atoms with Crippen molar-refractivity contribution in [3.63, 3.8) is 0 Å². The summed E-state index contributed by atoms with van der Waals surface area (Å²) in [5.41, 5.74) is 8.78. The van der Waals surface area contributed by atoms with Gasteiger partial charge in [0.25, 0.3) is 0 Å². The number of nitrogens with two attached hydrogens (primary N) is 1. The van der Waals surface area contributed by atoms with Crippen LogP contribution in [-0.2, 0) is 0 Å². The van der Waals surface area contributed by atoms with E-state index in [9.17, 15) is 0 Å². The fourth-order valence-electron chi connectivity index (χ4n) is 2.29. The number of hydrogen-bond acceptors (Lipinski definition) is 5. The predicted octanol–water partition coefficient (Wildman–Crippen LogP) is 3.19. The lowest BCUT2D eigenvalue weighted by molar-refractivity contribution is 0.315. The Balaban J connectivity index is 2.43. The summed E-state index contributed by atoms with van der Waals surface area (Å²) in [6, 6.07) is 3.78. The highest BCUT2D eigenvalue weighted by molar-refractivity contribution is 5.95.